The van der Waals surface area contributed by atoms with Gasteiger partial charge in [0, 0.05) is 6.42 Å². The van der Waals surface area contributed by atoms with Gasteiger partial charge in [-0.2, -0.15) is 5.10 Å². The Labute approximate surface area is 81.2 Å². The molecule has 1 heterocycles. The zero-order valence-corrected chi connectivity index (χ0v) is 7.81. The molecule has 1 aromatic carbocycles. The summed E-state index contributed by atoms with van der Waals surface area (Å²) in [4.78, 5) is 4.04. The monoisotopic (exact) mass is 191 g/mol. The maximum Gasteiger partial charge on any atom is 0.148 e. The minimum absolute atomic E-state index is 0.285. The Morgan fingerprint density at radius 1 is 1.36 bits per heavy atom. The van der Waals surface area contributed by atoms with Crippen LogP contribution in [0.5, 0.6) is 0 Å². The number of aryl methyl sites for hydroxylation is 1. The van der Waals surface area contributed by atoms with Crippen molar-refractivity contribution in [1.29, 1.82) is 0 Å². The number of hydrogen-bond donors (Lipinski definition) is 0. The van der Waals surface area contributed by atoms with Crippen molar-refractivity contribution in [3.8, 4) is 5.69 Å². The number of hydrogen-bond acceptors (Lipinski definition) is 2. The molecule has 14 heavy (non-hydrogen) atoms. The molecule has 0 saturated carbocycles. The summed E-state index contributed by atoms with van der Waals surface area (Å²) in [6.45, 7) is 1.96. The molecule has 3 nitrogen and oxygen atoms in total. The fourth-order valence-electron chi connectivity index (χ4n) is 1.33. The van der Waals surface area contributed by atoms with Crippen LogP contribution >= 0.6 is 0 Å². The van der Waals surface area contributed by atoms with Crippen LogP contribution in [0.2, 0.25) is 0 Å². The van der Waals surface area contributed by atoms with Gasteiger partial charge in [-0.15, -0.1) is 0 Å². The standard InChI is InChI=1S/C10H10FN3/c1-2-10-12-7-13-14(10)9-6-4-3-5-8(9)11/h3-7H,2H2,1H3. The first kappa shape index (κ1) is 8.87. The van der Waals surface area contributed by atoms with Crippen molar-refractivity contribution in [3.05, 3.63) is 42.2 Å². The Morgan fingerprint density at radius 3 is 2.86 bits per heavy atom. The molecular formula is C10H10FN3. The zero-order valence-electron chi connectivity index (χ0n) is 7.81. The lowest BCUT2D eigenvalue weighted by molar-refractivity contribution is 0.606. The van der Waals surface area contributed by atoms with Gasteiger partial charge in [0.05, 0.1) is 0 Å². The van der Waals surface area contributed by atoms with E-state index in [0.717, 1.165) is 12.2 Å². The summed E-state index contributed by atoms with van der Waals surface area (Å²) in [6, 6.07) is 6.53. The van der Waals surface area contributed by atoms with Gasteiger partial charge in [-0.3, -0.25) is 0 Å². The molecule has 0 atom stereocenters. The van der Waals surface area contributed by atoms with Crippen molar-refractivity contribution in [2.75, 3.05) is 0 Å². The maximum atomic E-state index is 13.4. The second kappa shape index (κ2) is 3.57. The topological polar surface area (TPSA) is 30.7 Å². The molecule has 0 fully saturated rings. The zero-order chi connectivity index (χ0) is 9.97. The molecule has 0 saturated heterocycles. The van der Waals surface area contributed by atoms with Gasteiger partial charge in [-0.1, -0.05) is 19.1 Å². The summed E-state index contributed by atoms with van der Waals surface area (Å²) in [6.07, 6.45) is 2.17. The summed E-state index contributed by atoms with van der Waals surface area (Å²) < 4.78 is 14.9. The van der Waals surface area contributed by atoms with Crippen molar-refractivity contribution in [2.24, 2.45) is 0 Å². The van der Waals surface area contributed by atoms with Gasteiger partial charge in [0.15, 0.2) is 0 Å². The van der Waals surface area contributed by atoms with E-state index >= 15 is 0 Å². The minimum Gasteiger partial charge on any atom is -0.220 e. The Morgan fingerprint density at radius 2 is 2.14 bits per heavy atom. The lowest BCUT2D eigenvalue weighted by atomic mass is 10.3. The predicted octanol–water partition coefficient (Wildman–Crippen LogP) is 1.97. The van der Waals surface area contributed by atoms with Gasteiger partial charge in [-0.25, -0.2) is 14.1 Å². The largest absolute Gasteiger partial charge is 0.220 e. The molecule has 0 amide bonds. The Hall–Kier alpha value is -1.71. The predicted molar refractivity (Wildman–Crippen MR) is 50.7 cm³/mol. The molecule has 0 N–H and O–H groups in total. The summed E-state index contributed by atoms with van der Waals surface area (Å²) in [5.74, 6) is 0.475. The quantitative estimate of drug-likeness (QED) is 0.726. The van der Waals surface area contributed by atoms with Crippen molar-refractivity contribution in [2.45, 2.75) is 13.3 Å². The van der Waals surface area contributed by atoms with Crippen LogP contribution in [0, 0.1) is 5.82 Å². The van der Waals surface area contributed by atoms with Crippen LogP contribution in [0.4, 0.5) is 4.39 Å². The normalized spacial score (nSPS) is 10.4. The third-order valence-corrected chi connectivity index (χ3v) is 2.02. The van der Waals surface area contributed by atoms with Gasteiger partial charge in [0.2, 0.25) is 0 Å². The highest BCUT2D eigenvalue weighted by Gasteiger charge is 2.07. The highest BCUT2D eigenvalue weighted by Crippen LogP contribution is 2.12. The highest BCUT2D eigenvalue weighted by molar-refractivity contribution is 5.32. The average molecular weight is 191 g/mol. The maximum absolute atomic E-state index is 13.4. The van der Waals surface area contributed by atoms with Gasteiger partial charge in [0.25, 0.3) is 0 Å². The van der Waals surface area contributed by atoms with Gasteiger partial charge < -0.3 is 0 Å². The molecule has 4 heteroatoms. The highest BCUT2D eigenvalue weighted by atomic mass is 19.1. The Bertz CT molecular complexity index is 436. The van der Waals surface area contributed by atoms with Crippen molar-refractivity contribution in [1.82, 2.24) is 14.8 Å². The SMILES string of the molecule is CCc1ncnn1-c1ccccc1F. The number of aromatic nitrogens is 3. The van der Waals surface area contributed by atoms with Crippen LogP contribution in [-0.2, 0) is 6.42 Å². The molecule has 1 aromatic heterocycles. The number of benzene rings is 1. The van der Waals surface area contributed by atoms with E-state index < -0.39 is 0 Å². The van der Waals surface area contributed by atoms with Gasteiger partial charge >= 0.3 is 0 Å². The average Bonchev–Trinajstić information content (AvgIpc) is 2.66. The van der Waals surface area contributed by atoms with Gasteiger partial charge in [0.1, 0.15) is 23.7 Å². The first-order valence-electron chi connectivity index (χ1n) is 4.46. The fraction of sp³-hybridized carbons (Fsp3) is 0.200. The van der Waals surface area contributed by atoms with E-state index in [1.165, 1.54) is 17.1 Å². The molecule has 72 valence electrons. The van der Waals surface area contributed by atoms with E-state index in [4.69, 9.17) is 0 Å². The van der Waals surface area contributed by atoms with E-state index in [-0.39, 0.29) is 5.82 Å². The van der Waals surface area contributed by atoms with Crippen LogP contribution < -0.4 is 0 Å². The Balaban J connectivity index is 2.54. The summed E-state index contributed by atoms with van der Waals surface area (Å²) in [7, 11) is 0. The molecule has 2 aromatic rings. The van der Waals surface area contributed by atoms with E-state index in [0.29, 0.717) is 5.69 Å². The second-order valence-electron chi connectivity index (χ2n) is 2.89. The van der Waals surface area contributed by atoms with E-state index in [1.54, 1.807) is 18.2 Å². The first-order valence-corrected chi connectivity index (χ1v) is 4.46. The molecule has 0 bridgehead atoms. The minimum atomic E-state index is -0.285. The third kappa shape index (κ3) is 1.39. The third-order valence-electron chi connectivity index (χ3n) is 2.02. The lowest BCUT2D eigenvalue weighted by Crippen LogP contribution is -2.04. The van der Waals surface area contributed by atoms with Crippen LogP contribution in [0.15, 0.2) is 30.6 Å². The van der Waals surface area contributed by atoms with Crippen molar-refractivity contribution in [3.63, 3.8) is 0 Å². The molecule has 0 aliphatic carbocycles. The van der Waals surface area contributed by atoms with Crippen LogP contribution in [-0.4, -0.2) is 14.8 Å². The summed E-state index contributed by atoms with van der Waals surface area (Å²) >= 11 is 0. The number of nitrogens with zero attached hydrogens (tertiary/aromatic N) is 3. The lowest BCUT2D eigenvalue weighted by Gasteiger charge is -2.04. The molecule has 0 unspecified atom stereocenters. The van der Waals surface area contributed by atoms with Gasteiger partial charge in [-0.05, 0) is 12.1 Å². The summed E-state index contributed by atoms with van der Waals surface area (Å²) in [5, 5.41) is 3.98. The van der Waals surface area contributed by atoms with E-state index in [9.17, 15) is 4.39 Å². The van der Waals surface area contributed by atoms with Crippen molar-refractivity contribution < 1.29 is 4.39 Å². The van der Waals surface area contributed by atoms with E-state index in [2.05, 4.69) is 10.1 Å². The summed E-state index contributed by atoms with van der Waals surface area (Å²) in [5.41, 5.74) is 0.446. The number of para-hydroxylation sites is 1. The molecule has 2 rings (SSSR count). The molecular weight excluding hydrogens is 181 g/mol. The second-order valence-corrected chi connectivity index (χ2v) is 2.89. The van der Waals surface area contributed by atoms with Crippen molar-refractivity contribution >= 4 is 0 Å². The van der Waals surface area contributed by atoms with Crippen LogP contribution in [0.1, 0.15) is 12.7 Å². The molecule has 0 spiro atoms. The Kier molecular flexibility index (Phi) is 2.26. The smallest absolute Gasteiger partial charge is 0.148 e. The molecule has 0 aliphatic heterocycles. The molecule has 0 radical (unpaired) electrons. The van der Waals surface area contributed by atoms with E-state index in [1.807, 2.05) is 6.92 Å². The first-order chi connectivity index (χ1) is 6.83. The number of rotatable bonds is 2. The van der Waals surface area contributed by atoms with Crippen LogP contribution in [0.3, 0.4) is 0 Å². The van der Waals surface area contributed by atoms with Crippen LogP contribution in [0.25, 0.3) is 5.69 Å². The number of halogens is 1. The fourth-order valence-corrected chi connectivity index (χ4v) is 1.33. The molecule has 0 aliphatic rings.